The molecule has 0 aliphatic carbocycles. The topological polar surface area (TPSA) is 22.0 Å². The van der Waals surface area contributed by atoms with Crippen LogP contribution in [0.5, 0.6) is 0 Å². The molecule has 1 heterocycles. The molecule has 13 heavy (non-hydrogen) atoms. The van der Waals surface area contributed by atoms with E-state index in [1.54, 1.807) is 18.3 Å². The molecule has 3 heteroatoms. The molecule has 2 nitrogen and oxygen atoms in total. The van der Waals surface area contributed by atoms with Crippen molar-refractivity contribution in [3.05, 3.63) is 36.3 Å². The van der Waals surface area contributed by atoms with Crippen LogP contribution in [0.25, 0.3) is 10.9 Å². The highest BCUT2D eigenvalue weighted by molar-refractivity contribution is 5.91. The Bertz CT molecular complexity index is 473. The summed E-state index contributed by atoms with van der Waals surface area (Å²) in [7, 11) is 0. The van der Waals surface area contributed by atoms with Gasteiger partial charge in [0.2, 0.25) is 5.91 Å². The molecule has 2 rings (SSSR count). The highest BCUT2D eigenvalue weighted by Gasteiger charge is 2.04. The Hall–Kier alpha value is -1.64. The molecule has 0 aliphatic rings. The van der Waals surface area contributed by atoms with Crippen LogP contribution in [-0.4, -0.2) is 10.5 Å². The van der Waals surface area contributed by atoms with Gasteiger partial charge in [0.05, 0.1) is 5.52 Å². The second-order valence-electron chi connectivity index (χ2n) is 2.91. The molecule has 0 spiro atoms. The molecule has 0 bridgehead atoms. The van der Waals surface area contributed by atoms with Crippen molar-refractivity contribution < 1.29 is 9.18 Å². The average Bonchev–Trinajstić information content (AvgIpc) is 2.46. The highest BCUT2D eigenvalue weighted by Crippen LogP contribution is 2.16. The second kappa shape index (κ2) is 2.69. The van der Waals surface area contributed by atoms with E-state index in [1.165, 1.54) is 23.6 Å². The van der Waals surface area contributed by atoms with E-state index in [1.807, 2.05) is 0 Å². The molecule has 0 aliphatic heterocycles. The van der Waals surface area contributed by atoms with Crippen LogP contribution in [0.3, 0.4) is 0 Å². The predicted molar refractivity (Wildman–Crippen MR) is 48.2 cm³/mol. The molecule has 0 amide bonds. The van der Waals surface area contributed by atoms with Crippen molar-refractivity contribution in [3.8, 4) is 0 Å². The number of carbonyl (C=O) groups excluding carboxylic acids is 1. The minimum atomic E-state index is -0.325. The third kappa shape index (κ3) is 1.22. The van der Waals surface area contributed by atoms with E-state index in [0.717, 1.165) is 5.39 Å². The Kier molecular flexibility index (Phi) is 1.65. The van der Waals surface area contributed by atoms with Crippen LogP contribution in [-0.2, 0) is 0 Å². The molecular formula is C10H8FNO. The minimum absolute atomic E-state index is 0.111. The molecule has 0 saturated carbocycles. The lowest BCUT2D eigenvalue weighted by molar-refractivity contribution is 0.0941. The van der Waals surface area contributed by atoms with Gasteiger partial charge in [-0.2, -0.15) is 0 Å². The van der Waals surface area contributed by atoms with Crippen LogP contribution in [0.15, 0.2) is 30.5 Å². The summed E-state index contributed by atoms with van der Waals surface area (Å²) in [4.78, 5) is 11.1. The Morgan fingerprint density at radius 2 is 2.15 bits per heavy atom. The Morgan fingerprint density at radius 1 is 1.38 bits per heavy atom. The monoisotopic (exact) mass is 177 g/mol. The van der Waals surface area contributed by atoms with Gasteiger partial charge in [-0.05, 0) is 24.3 Å². The highest BCUT2D eigenvalue weighted by atomic mass is 19.1. The third-order valence-corrected chi connectivity index (χ3v) is 1.99. The smallest absolute Gasteiger partial charge is 0.227 e. The van der Waals surface area contributed by atoms with E-state index in [9.17, 15) is 9.18 Å². The van der Waals surface area contributed by atoms with Gasteiger partial charge in [-0.3, -0.25) is 9.36 Å². The van der Waals surface area contributed by atoms with E-state index < -0.39 is 0 Å². The first-order valence-electron chi connectivity index (χ1n) is 3.96. The van der Waals surface area contributed by atoms with Gasteiger partial charge in [-0.25, -0.2) is 4.39 Å². The molecule has 0 atom stereocenters. The van der Waals surface area contributed by atoms with E-state index in [-0.39, 0.29) is 11.7 Å². The normalized spacial score (nSPS) is 10.6. The van der Waals surface area contributed by atoms with Crippen LogP contribution in [0.1, 0.15) is 11.7 Å². The Morgan fingerprint density at radius 3 is 2.85 bits per heavy atom. The number of aromatic nitrogens is 1. The summed E-state index contributed by atoms with van der Waals surface area (Å²) in [6.07, 6.45) is 1.65. The Labute approximate surface area is 74.6 Å². The molecule has 0 fully saturated rings. The van der Waals surface area contributed by atoms with Crippen LogP contribution in [0.4, 0.5) is 4.39 Å². The summed E-state index contributed by atoms with van der Waals surface area (Å²) in [5.74, 6) is -0.436. The summed E-state index contributed by atoms with van der Waals surface area (Å²) < 4.78 is 14.3. The standard InChI is InChI=1S/C10H8FNO/c1-7(13)12-5-4-8-2-3-9(11)6-10(8)12/h2-6H,1H3. The summed E-state index contributed by atoms with van der Waals surface area (Å²) in [6.45, 7) is 1.45. The fraction of sp³-hybridized carbons (Fsp3) is 0.100. The van der Waals surface area contributed by atoms with Gasteiger partial charge in [-0.1, -0.05) is 0 Å². The summed E-state index contributed by atoms with van der Waals surface area (Å²) in [6, 6.07) is 6.18. The summed E-state index contributed by atoms with van der Waals surface area (Å²) in [5, 5.41) is 0.872. The van der Waals surface area contributed by atoms with Gasteiger partial charge in [0, 0.05) is 18.5 Å². The fourth-order valence-corrected chi connectivity index (χ4v) is 1.38. The van der Waals surface area contributed by atoms with Gasteiger partial charge in [0.1, 0.15) is 5.82 Å². The van der Waals surface area contributed by atoms with Crippen molar-refractivity contribution in [2.45, 2.75) is 6.92 Å². The lowest BCUT2D eigenvalue weighted by Gasteiger charge is -1.98. The van der Waals surface area contributed by atoms with Gasteiger partial charge < -0.3 is 0 Å². The van der Waals surface area contributed by atoms with Crippen molar-refractivity contribution in [3.63, 3.8) is 0 Å². The van der Waals surface area contributed by atoms with Gasteiger partial charge >= 0.3 is 0 Å². The number of carbonyl (C=O) groups is 1. The van der Waals surface area contributed by atoms with E-state index in [4.69, 9.17) is 0 Å². The van der Waals surface area contributed by atoms with Crippen LogP contribution in [0.2, 0.25) is 0 Å². The second-order valence-corrected chi connectivity index (χ2v) is 2.91. The van der Waals surface area contributed by atoms with Gasteiger partial charge in [0.15, 0.2) is 0 Å². The number of benzene rings is 1. The minimum Gasteiger partial charge on any atom is -0.287 e. The average molecular weight is 177 g/mol. The maximum Gasteiger partial charge on any atom is 0.227 e. The maximum absolute atomic E-state index is 12.8. The lowest BCUT2D eigenvalue weighted by Crippen LogP contribution is -2.02. The number of fused-ring (bicyclic) bond motifs is 1. The van der Waals surface area contributed by atoms with Crippen LogP contribution < -0.4 is 0 Å². The lowest BCUT2D eigenvalue weighted by atomic mass is 10.2. The van der Waals surface area contributed by atoms with Crippen molar-refractivity contribution in [2.24, 2.45) is 0 Å². The molecule has 66 valence electrons. The van der Waals surface area contributed by atoms with Crippen LogP contribution in [0, 0.1) is 5.82 Å². The molecule has 1 aromatic carbocycles. The zero-order chi connectivity index (χ0) is 9.42. The first kappa shape index (κ1) is 7.98. The number of hydrogen-bond acceptors (Lipinski definition) is 1. The maximum atomic E-state index is 12.8. The SMILES string of the molecule is CC(=O)n1ccc2ccc(F)cc21. The number of nitrogens with zero attached hydrogens (tertiary/aromatic N) is 1. The molecular weight excluding hydrogens is 169 g/mol. The van der Waals surface area contributed by atoms with Gasteiger partial charge in [0.25, 0.3) is 0 Å². The quantitative estimate of drug-likeness (QED) is 0.605. The molecule has 0 radical (unpaired) electrons. The molecule has 0 unspecified atom stereocenters. The third-order valence-electron chi connectivity index (χ3n) is 1.99. The first-order chi connectivity index (χ1) is 6.18. The molecule has 0 saturated heterocycles. The zero-order valence-corrected chi connectivity index (χ0v) is 7.12. The van der Waals surface area contributed by atoms with Crippen LogP contribution >= 0.6 is 0 Å². The van der Waals surface area contributed by atoms with Crippen molar-refractivity contribution in [1.29, 1.82) is 0 Å². The molecule has 2 aromatic rings. The molecule has 0 N–H and O–H groups in total. The fourth-order valence-electron chi connectivity index (χ4n) is 1.38. The van der Waals surface area contributed by atoms with E-state index in [2.05, 4.69) is 0 Å². The predicted octanol–water partition coefficient (Wildman–Crippen LogP) is 2.44. The number of rotatable bonds is 0. The largest absolute Gasteiger partial charge is 0.287 e. The first-order valence-corrected chi connectivity index (χ1v) is 3.96. The van der Waals surface area contributed by atoms with E-state index in [0.29, 0.717) is 5.52 Å². The summed E-state index contributed by atoms with van der Waals surface area (Å²) in [5.41, 5.74) is 0.618. The zero-order valence-electron chi connectivity index (χ0n) is 7.12. The van der Waals surface area contributed by atoms with Crippen molar-refractivity contribution >= 4 is 16.8 Å². The summed E-state index contributed by atoms with van der Waals surface area (Å²) >= 11 is 0. The number of hydrogen-bond donors (Lipinski definition) is 0. The van der Waals surface area contributed by atoms with Crippen molar-refractivity contribution in [2.75, 3.05) is 0 Å². The Balaban J connectivity index is 2.79. The number of halogens is 1. The van der Waals surface area contributed by atoms with Gasteiger partial charge in [-0.15, -0.1) is 0 Å². The molecule has 1 aromatic heterocycles. The van der Waals surface area contributed by atoms with Crippen molar-refractivity contribution in [1.82, 2.24) is 4.57 Å². The van der Waals surface area contributed by atoms with E-state index >= 15 is 0 Å².